The molecule has 0 radical (unpaired) electrons. The molecular formula is C14H13BrF5N2O4PS. The van der Waals surface area contributed by atoms with Crippen molar-refractivity contribution < 1.29 is 41.0 Å². The third-order valence-electron chi connectivity index (χ3n) is 3.51. The van der Waals surface area contributed by atoms with Gasteiger partial charge in [0.1, 0.15) is 16.5 Å². The minimum atomic E-state index is -5.85. The van der Waals surface area contributed by atoms with Crippen molar-refractivity contribution in [1.82, 2.24) is 0 Å². The van der Waals surface area contributed by atoms with Gasteiger partial charge in [-0.1, -0.05) is 0 Å². The van der Waals surface area contributed by atoms with Gasteiger partial charge in [0.25, 0.3) is 0 Å². The van der Waals surface area contributed by atoms with Crippen LogP contribution in [0.5, 0.6) is 5.75 Å². The van der Waals surface area contributed by atoms with Crippen LogP contribution in [-0.4, -0.2) is 28.4 Å². The van der Waals surface area contributed by atoms with E-state index < -0.39 is 49.6 Å². The minimum absolute atomic E-state index is 0.0204. The zero-order valence-corrected chi connectivity index (χ0v) is 17.0. The van der Waals surface area contributed by atoms with Crippen LogP contribution in [0.3, 0.4) is 0 Å². The van der Waals surface area contributed by atoms with Crippen LogP contribution >= 0.6 is 34.9 Å². The highest BCUT2D eigenvalue weighted by atomic mass is 79.9. The van der Waals surface area contributed by atoms with Gasteiger partial charge in [-0.05, 0) is 34.5 Å². The molecule has 0 fully saturated rings. The molecule has 1 heterocycles. The van der Waals surface area contributed by atoms with Crippen molar-refractivity contribution in [2.75, 3.05) is 6.61 Å². The van der Waals surface area contributed by atoms with E-state index in [0.717, 1.165) is 0 Å². The average Bonchev–Trinajstić information content (AvgIpc) is 2.87. The molecular weight excluding hydrogens is 498 g/mol. The average molecular weight is 511 g/mol. The summed E-state index contributed by atoms with van der Waals surface area (Å²) in [6, 6.07) is 2.43. The van der Waals surface area contributed by atoms with Gasteiger partial charge < -0.3 is 20.3 Å². The van der Waals surface area contributed by atoms with Gasteiger partial charge in [-0.15, -0.1) is 11.3 Å². The fourth-order valence-electron chi connectivity index (χ4n) is 2.18. The molecule has 6 nitrogen and oxygen atoms in total. The summed E-state index contributed by atoms with van der Waals surface area (Å²) in [6.45, 7) is -0.393. The lowest BCUT2D eigenvalue weighted by Gasteiger charge is -2.16. The van der Waals surface area contributed by atoms with Gasteiger partial charge in [0.2, 0.25) is 0 Å². The smallest absolute Gasteiger partial charge is 0.400 e. The third-order valence-corrected chi connectivity index (χ3v) is 6.99. The van der Waals surface area contributed by atoms with Crippen molar-refractivity contribution in [3.63, 3.8) is 0 Å². The molecule has 28 heavy (non-hydrogen) atoms. The molecule has 0 spiro atoms. The third kappa shape index (κ3) is 4.82. The number of ether oxygens (including phenoxy) is 1. The van der Waals surface area contributed by atoms with Gasteiger partial charge in [-0.3, -0.25) is 9.97 Å². The van der Waals surface area contributed by atoms with Crippen LogP contribution in [0, 0.1) is 5.41 Å². The van der Waals surface area contributed by atoms with Crippen LogP contribution in [0.2, 0.25) is 0 Å². The number of hydrogen-bond acceptors (Lipinski definition) is 4. The van der Waals surface area contributed by atoms with Crippen molar-refractivity contribution in [2.24, 2.45) is 5.73 Å². The van der Waals surface area contributed by atoms with Crippen LogP contribution < -0.4 is 10.5 Å². The minimum Gasteiger partial charge on any atom is -0.492 e. The van der Waals surface area contributed by atoms with E-state index in [0.29, 0.717) is 11.3 Å². The van der Waals surface area contributed by atoms with Crippen LogP contribution in [0.15, 0.2) is 16.6 Å². The lowest BCUT2D eigenvalue weighted by molar-refractivity contribution is -0.136. The van der Waals surface area contributed by atoms with E-state index in [1.165, 1.54) is 12.1 Å². The summed E-state index contributed by atoms with van der Waals surface area (Å²) < 4.78 is 81.2. The molecule has 2 rings (SSSR count). The Hall–Kier alpha value is -1.27. The maximum Gasteiger partial charge on any atom is 0.400 e. The first kappa shape index (κ1) is 23.0. The molecule has 0 aliphatic heterocycles. The predicted octanol–water partition coefficient (Wildman–Crippen LogP) is 4.90. The number of nitrogen functional groups attached to an aromatic ring is 1. The first-order chi connectivity index (χ1) is 12.6. The molecule has 156 valence electrons. The first-order valence-electron chi connectivity index (χ1n) is 7.39. The number of nitrogens with two attached hydrogens (primary N) is 1. The van der Waals surface area contributed by atoms with Gasteiger partial charge in [0.05, 0.1) is 11.3 Å². The lowest BCUT2D eigenvalue weighted by Crippen LogP contribution is -2.12. The molecule has 0 bridgehead atoms. The monoisotopic (exact) mass is 510 g/mol. The van der Waals surface area contributed by atoms with Gasteiger partial charge in [0.15, 0.2) is 0 Å². The summed E-state index contributed by atoms with van der Waals surface area (Å²) in [5, 5.41) is 7.52. The van der Waals surface area contributed by atoms with Gasteiger partial charge in [0, 0.05) is 21.8 Å². The topological polar surface area (TPSA) is 117 Å². The van der Waals surface area contributed by atoms with Crippen molar-refractivity contribution in [3.8, 4) is 5.75 Å². The maximum absolute atomic E-state index is 14.2. The second-order valence-electron chi connectivity index (χ2n) is 5.66. The number of fused-ring (bicyclic) bond motifs is 1. The van der Waals surface area contributed by atoms with Gasteiger partial charge in [-0.25, -0.2) is 0 Å². The number of nitrogens with one attached hydrogen (secondary N) is 1. The highest BCUT2D eigenvalue weighted by Crippen LogP contribution is 2.63. The summed E-state index contributed by atoms with van der Waals surface area (Å²) in [6.07, 6.45) is -5.89. The van der Waals surface area contributed by atoms with Gasteiger partial charge in [-0.2, -0.15) is 22.0 Å². The van der Waals surface area contributed by atoms with Crippen molar-refractivity contribution >= 4 is 50.8 Å². The highest BCUT2D eigenvalue weighted by Gasteiger charge is 2.53. The van der Waals surface area contributed by atoms with Gasteiger partial charge >= 0.3 is 19.4 Å². The molecule has 2 aromatic rings. The van der Waals surface area contributed by atoms with Crippen LogP contribution in [0.4, 0.5) is 22.0 Å². The number of amidine groups is 1. The van der Waals surface area contributed by atoms with Crippen molar-refractivity contribution in [3.05, 3.63) is 27.0 Å². The first-order valence-corrected chi connectivity index (χ1v) is 10.6. The molecule has 5 N–H and O–H groups in total. The van der Waals surface area contributed by atoms with E-state index in [-0.39, 0.29) is 25.9 Å². The maximum atomic E-state index is 14.2. The fraction of sp³-hybridized carbons (Fsp3) is 0.357. The van der Waals surface area contributed by atoms with E-state index in [1.54, 1.807) is 0 Å². The zero-order chi connectivity index (χ0) is 21.5. The second kappa shape index (κ2) is 7.86. The Labute approximate surface area is 167 Å². The molecule has 1 aromatic heterocycles. The van der Waals surface area contributed by atoms with Crippen LogP contribution in [0.25, 0.3) is 10.1 Å². The quantitative estimate of drug-likeness (QED) is 0.139. The summed E-state index contributed by atoms with van der Waals surface area (Å²) in [4.78, 5) is 17.0. The standard InChI is InChI=1S/C14H13BrF5N2O4PS/c15-9-7-4-6(12(21)22)5-8(26-3-1-2-13(16,17)18)10(7)28-11(9)14(19,20)27(23,24)25/h4-5H,1-3H2,(H3,21,22)(H2,23,24,25). The van der Waals surface area contributed by atoms with Crippen molar-refractivity contribution in [1.29, 1.82) is 5.41 Å². The molecule has 1 aromatic carbocycles. The molecule has 0 saturated carbocycles. The Morgan fingerprint density at radius 2 is 1.89 bits per heavy atom. The Kier molecular flexibility index (Phi) is 6.46. The fourth-order valence-corrected chi connectivity index (χ4v) is 5.16. The van der Waals surface area contributed by atoms with E-state index in [2.05, 4.69) is 15.9 Å². The SMILES string of the molecule is N=C(N)c1cc(OCCCC(F)(F)F)c2sc(C(F)(F)P(=O)(O)O)c(Br)c2c1. The number of rotatable bonds is 7. The number of benzene rings is 1. The van der Waals surface area contributed by atoms with E-state index in [9.17, 15) is 26.5 Å². The number of halogens is 6. The summed E-state index contributed by atoms with van der Waals surface area (Å²) in [5.74, 6) is -0.577. The zero-order valence-electron chi connectivity index (χ0n) is 13.7. The molecule has 0 amide bonds. The molecule has 0 aliphatic rings. The Balaban J connectivity index is 2.52. The lowest BCUT2D eigenvalue weighted by atomic mass is 10.1. The number of alkyl halides is 5. The largest absolute Gasteiger partial charge is 0.492 e. The molecule has 0 atom stereocenters. The number of hydrogen-bond donors (Lipinski definition) is 4. The van der Waals surface area contributed by atoms with E-state index in [4.69, 9.17) is 25.7 Å². The van der Waals surface area contributed by atoms with Crippen LogP contribution in [-0.2, 0) is 10.2 Å². The molecule has 0 saturated heterocycles. The predicted molar refractivity (Wildman–Crippen MR) is 97.3 cm³/mol. The second-order valence-corrected chi connectivity index (χ2v) is 9.13. The van der Waals surface area contributed by atoms with Crippen LogP contribution in [0.1, 0.15) is 23.3 Å². The highest BCUT2D eigenvalue weighted by molar-refractivity contribution is 9.10. The summed E-state index contributed by atoms with van der Waals surface area (Å²) in [7, 11) is -5.85. The molecule has 0 aliphatic carbocycles. The van der Waals surface area contributed by atoms with Crippen molar-refractivity contribution in [2.45, 2.75) is 24.7 Å². The Morgan fingerprint density at radius 3 is 2.39 bits per heavy atom. The molecule has 14 heteroatoms. The summed E-state index contributed by atoms with van der Waals surface area (Å²) >= 11 is 3.20. The number of thiophene rings is 1. The normalized spacial score (nSPS) is 13.1. The molecule has 0 unspecified atom stereocenters. The van der Waals surface area contributed by atoms with E-state index >= 15 is 0 Å². The summed E-state index contributed by atoms with van der Waals surface area (Å²) in [5.41, 5.74) is 0.936. The van der Waals surface area contributed by atoms with E-state index in [1.807, 2.05) is 0 Å². The Bertz CT molecular complexity index is 959. The Morgan fingerprint density at radius 1 is 1.29 bits per heavy atom.